The highest BCUT2D eigenvalue weighted by atomic mass is 19.1. The lowest BCUT2D eigenvalue weighted by molar-refractivity contribution is 0.00527. The molecule has 0 spiro atoms. The highest BCUT2D eigenvalue weighted by molar-refractivity contribution is 5.33. The fourth-order valence-corrected chi connectivity index (χ4v) is 2.61. The Morgan fingerprint density at radius 3 is 2.95 bits per heavy atom. The standard InChI is InChI=1S/C15H22FNO2/c1-17-13(10-11-6-3-4-9-19-11)12-7-5-8-14(18-2)15(12)16/h5,7-8,11,13,17H,3-4,6,9-10H2,1-2H3. The van der Waals surface area contributed by atoms with Crippen LogP contribution in [0.25, 0.3) is 0 Å². The number of rotatable bonds is 5. The Labute approximate surface area is 114 Å². The van der Waals surface area contributed by atoms with Crippen molar-refractivity contribution >= 4 is 0 Å². The van der Waals surface area contributed by atoms with E-state index in [1.807, 2.05) is 19.2 Å². The van der Waals surface area contributed by atoms with E-state index >= 15 is 0 Å². The molecule has 2 atom stereocenters. The van der Waals surface area contributed by atoms with Crippen LogP contribution in [0.3, 0.4) is 0 Å². The van der Waals surface area contributed by atoms with Crippen LogP contribution in [0.1, 0.15) is 37.3 Å². The van der Waals surface area contributed by atoms with Crippen LogP contribution in [0.2, 0.25) is 0 Å². The summed E-state index contributed by atoms with van der Waals surface area (Å²) in [5, 5.41) is 3.18. The lowest BCUT2D eigenvalue weighted by Crippen LogP contribution is -2.27. The molecule has 106 valence electrons. The van der Waals surface area contributed by atoms with E-state index in [4.69, 9.17) is 9.47 Å². The van der Waals surface area contributed by atoms with Crippen LogP contribution in [0.5, 0.6) is 5.75 Å². The number of benzene rings is 1. The molecule has 0 amide bonds. The van der Waals surface area contributed by atoms with E-state index in [1.54, 1.807) is 6.07 Å². The number of hydrogen-bond acceptors (Lipinski definition) is 3. The van der Waals surface area contributed by atoms with Gasteiger partial charge in [-0.1, -0.05) is 12.1 Å². The average Bonchev–Trinajstić information content (AvgIpc) is 2.46. The van der Waals surface area contributed by atoms with Crippen LogP contribution in [0.15, 0.2) is 18.2 Å². The summed E-state index contributed by atoms with van der Waals surface area (Å²) in [6.07, 6.45) is 4.40. The largest absolute Gasteiger partial charge is 0.494 e. The number of halogens is 1. The maximum Gasteiger partial charge on any atom is 0.169 e. The van der Waals surface area contributed by atoms with Gasteiger partial charge in [0.2, 0.25) is 0 Å². The summed E-state index contributed by atoms with van der Waals surface area (Å²) in [4.78, 5) is 0. The summed E-state index contributed by atoms with van der Waals surface area (Å²) in [7, 11) is 3.34. The van der Waals surface area contributed by atoms with Crippen LogP contribution >= 0.6 is 0 Å². The minimum Gasteiger partial charge on any atom is -0.494 e. The average molecular weight is 267 g/mol. The molecule has 0 saturated carbocycles. The van der Waals surface area contributed by atoms with E-state index in [0.717, 1.165) is 25.9 Å². The number of nitrogens with one attached hydrogen (secondary N) is 1. The van der Waals surface area contributed by atoms with Crippen molar-refractivity contribution in [2.24, 2.45) is 0 Å². The first kappa shape index (κ1) is 14.3. The van der Waals surface area contributed by atoms with Crippen molar-refractivity contribution in [2.75, 3.05) is 20.8 Å². The van der Waals surface area contributed by atoms with Crippen molar-refractivity contribution in [3.05, 3.63) is 29.6 Å². The first-order valence-electron chi connectivity index (χ1n) is 6.87. The van der Waals surface area contributed by atoms with E-state index < -0.39 is 0 Å². The van der Waals surface area contributed by atoms with Crippen LogP contribution in [0.4, 0.5) is 4.39 Å². The van der Waals surface area contributed by atoms with Gasteiger partial charge in [0.25, 0.3) is 0 Å². The van der Waals surface area contributed by atoms with Gasteiger partial charge in [-0.3, -0.25) is 0 Å². The van der Waals surface area contributed by atoms with Crippen LogP contribution in [0, 0.1) is 5.82 Å². The predicted octanol–water partition coefficient (Wildman–Crippen LogP) is 3.05. The lowest BCUT2D eigenvalue weighted by Gasteiger charge is -2.27. The molecule has 1 heterocycles. The topological polar surface area (TPSA) is 30.5 Å². The molecular weight excluding hydrogens is 245 g/mol. The second-order valence-corrected chi connectivity index (χ2v) is 4.93. The molecule has 0 radical (unpaired) electrons. The third-order valence-corrected chi connectivity index (χ3v) is 3.71. The van der Waals surface area contributed by atoms with Gasteiger partial charge < -0.3 is 14.8 Å². The third-order valence-electron chi connectivity index (χ3n) is 3.71. The molecule has 1 saturated heterocycles. The van der Waals surface area contributed by atoms with E-state index in [-0.39, 0.29) is 18.0 Å². The van der Waals surface area contributed by atoms with Gasteiger partial charge in [-0.25, -0.2) is 4.39 Å². The maximum absolute atomic E-state index is 14.3. The molecule has 1 aromatic carbocycles. The van der Waals surface area contributed by atoms with Crippen molar-refractivity contribution in [3.8, 4) is 5.75 Å². The SMILES string of the molecule is CNC(CC1CCCCO1)c1cccc(OC)c1F. The van der Waals surface area contributed by atoms with Crippen molar-refractivity contribution in [1.82, 2.24) is 5.32 Å². The van der Waals surface area contributed by atoms with E-state index in [9.17, 15) is 4.39 Å². The molecular formula is C15H22FNO2. The van der Waals surface area contributed by atoms with Crippen molar-refractivity contribution in [1.29, 1.82) is 0 Å². The van der Waals surface area contributed by atoms with Gasteiger partial charge in [-0.2, -0.15) is 0 Å². The molecule has 1 fully saturated rings. The Morgan fingerprint density at radius 1 is 1.47 bits per heavy atom. The number of methoxy groups -OCH3 is 1. The molecule has 0 aromatic heterocycles. The highest BCUT2D eigenvalue weighted by Crippen LogP contribution is 2.29. The van der Waals surface area contributed by atoms with Crippen LogP contribution < -0.4 is 10.1 Å². The van der Waals surface area contributed by atoms with Gasteiger partial charge in [0.05, 0.1) is 13.2 Å². The third kappa shape index (κ3) is 3.45. The fourth-order valence-electron chi connectivity index (χ4n) is 2.61. The quantitative estimate of drug-likeness (QED) is 0.889. The van der Waals surface area contributed by atoms with Gasteiger partial charge in [0.1, 0.15) is 0 Å². The molecule has 0 bridgehead atoms. The van der Waals surface area contributed by atoms with Crippen molar-refractivity contribution in [3.63, 3.8) is 0 Å². The second-order valence-electron chi connectivity index (χ2n) is 4.93. The molecule has 2 rings (SSSR count). The molecule has 4 heteroatoms. The first-order chi connectivity index (χ1) is 9.26. The summed E-state index contributed by atoms with van der Waals surface area (Å²) in [5.41, 5.74) is 0.649. The van der Waals surface area contributed by atoms with Crippen LogP contribution in [-0.2, 0) is 4.74 Å². The second kappa shape index (κ2) is 6.87. The zero-order valence-electron chi connectivity index (χ0n) is 11.6. The van der Waals surface area contributed by atoms with Gasteiger partial charge in [-0.15, -0.1) is 0 Å². The minimum absolute atomic E-state index is 0.0433. The highest BCUT2D eigenvalue weighted by Gasteiger charge is 2.23. The maximum atomic E-state index is 14.3. The number of hydrogen-bond donors (Lipinski definition) is 1. The molecule has 19 heavy (non-hydrogen) atoms. The lowest BCUT2D eigenvalue weighted by atomic mass is 9.96. The molecule has 2 unspecified atom stereocenters. The van der Waals surface area contributed by atoms with Crippen LogP contribution in [-0.4, -0.2) is 26.9 Å². The Hall–Kier alpha value is -1.13. The zero-order chi connectivity index (χ0) is 13.7. The molecule has 0 aliphatic carbocycles. The summed E-state index contributed by atoms with van der Waals surface area (Å²) in [5.74, 6) is 0.0162. The smallest absolute Gasteiger partial charge is 0.169 e. The first-order valence-corrected chi connectivity index (χ1v) is 6.87. The van der Waals surface area contributed by atoms with Gasteiger partial charge >= 0.3 is 0 Å². The summed E-state index contributed by atoms with van der Waals surface area (Å²) in [6.45, 7) is 0.821. The predicted molar refractivity (Wildman–Crippen MR) is 73.0 cm³/mol. The fraction of sp³-hybridized carbons (Fsp3) is 0.600. The van der Waals surface area contributed by atoms with Gasteiger partial charge in [0, 0.05) is 18.2 Å². The van der Waals surface area contributed by atoms with Gasteiger partial charge in [0.15, 0.2) is 11.6 Å². The molecule has 1 N–H and O–H groups in total. The van der Waals surface area contributed by atoms with E-state index in [0.29, 0.717) is 11.3 Å². The van der Waals surface area contributed by atoms with E-state index in [1.165, 1.54) is 13.5 Å². The number of ether oxygens (including phenoxy) is 2. The Morgan fingerprint density at radius 2 is 2.32 bits per heavy atom. The molecule has 1 aliphatic heterocycles. The van der Waals surface area contributed by atoms with E-state index in [2.05, 4.69) is 5.32 Å². The molecule has 1 aromatic rings. The minimum atomic E-state index is -0.278. The van der Waals surface area contributed by atoms with Crippen molar-refractivity contribution in [2.45, 2.75) is 37.8 Å². The Balaban J connectivity index is 2.12. The Kier molecular flexibility index (Phi) is 5.16. The monoisotopic (exact) mass is 267 g/mol. The zero-order valence-corrected chi connectivity index (χ0v) is 11.6. The van der Waals surface area contributed by atoms with Crippen molar-refractivity contribution < 1.29 is 13.9 Å². The Bertz CT molecular complexity index is 405. The summed E-state index contributed by atoms with van der Waals surface area (Å²) >= 11 is 0. The summed E-state index contributed by atoms with van der Waals surface area (Å²) in [6, 6.07) is 5.23. The van der Waals surface area contributed by atoms with Gasteiger partial charge in [-0.05, 0) is 38.8 Å². The summed E-state index contributed by atoms with van der Waals surface area (Å²) < 4.78 is 25.0. The molecule has 3 nitrogen and oxygen atoms in total. The molecule has 1 aliphatic rings. The normalized spacial score (nSPS) is 21.1.